The molecule has 20 heavy (non-hydrogen) atoms. The molecular weight excluding hydrogens is 288 g/mol. The van der Waals surface area contributed by atoms with Gasteiger partial charge in [0.2, 0.25) is 11.7 Å². The summed E-state index contributed by atoms with van der Waals surface area (Å²) in [6, 6.07) is 2.31. The Morgan fingerprint density at radius 3 is 2.95 bits per heavy atom. The van der Waals surface area contributed by atoms with Gasteiger partial charge in [0, 0.05) is 5.56 Å². The Labute approximate surface area is 118 Å². The number of halogens is 2. The second-order valence-corrected chi connectivity index (χ2v) is 4.70. The van der Waals surface area contributed by atoms with E-state index < -0.39 is 11.6 Å². The SMILES string of the molecule is CCOc1cc(C=NN=C2NC(=O)CS2)cc(F)c1F. The van der Waals surface area contributed by atoms with Crippen LogP contribution >= 0.6 is 11.8 Å². The summed E-state index contributed by atoms with van der Waals surface area (Å²) in [6.45, 7) is 1.89. The predicted octanol–water partition coefficient (Wildman–Crippen LogP) is 1.92. The number of hydrogen-bond acceptors (Lipinski definition) is 5. The monoisotopic (exact) mass is 299 g/mol. The maximum absolute atomic E-state index is 13.4. The zero-order chi connectivity index (χ0) is 14.5. The number of rotatable bonds is 4. The highest BCUT2D eigenvalue weighted by molar-refractivity contribution is 8.15. The first-order valence-corrected chi connectivity index (χ1v) is 6.74. The third-order valence-corrected chi connectivity index (χ3v) is 3.12. The van der Waals surface area contributed by atoms with Crippen molar-refractivity contribution in [1.82, 2.24) is 5.32 Å². The summed E-state index contributed by atoms with van der Waals surface area (Å²) >= 11 is 1.22. The summed E-state index contributed by atoms with van der Waals surface area (Å²) in [5.41, 5.74) is 0.311. The molecule has 1 heterocycles. The molecule has 0 atom stereocenters. The minimum absolute atomic E-state index is 0.143. The van der Waals surface area contributed by atoms with Gasteiger partial charge in [-0.25, -0.2) is 4.39 Å². The Kier molecular flexibility index (Phi) is 4.67. The van der Waals surface area contributed by atoms with E-state index in [1.807, 2.05) is 0 Å². The Bertz CT molecular complexity index is 590. The van der Waals surface area contributed by atoms with Crippen LogP contribution in [-0.2, 0) is 4.79 Å². The fourth-order valence-corrected chi connectivity index (χ4v) is 2.08. The second kappa shape index (κ2) is 6.47. The van der Waals surface area contributed by atoms with Gasteiger partial charge < -0.3 is 10.1 Å². The van der Waals surface area contributed by atoms with Crippen molar-refractivity contribution in [3.63, 3.8) is 0 Å². The molecule has 0 saturated carbocycles. The van der Waals surface area contributed by atoms with Gasteiger partial charge in [0.25, 0.3) is 0 Å². The maximum atomic E-state index is 13.4. The van der Waals surface area contributed by atoms with Gasteiger partial charge in [0.05, 0.1) is 18.6 Å². The zero-order valence-electron chi connectivity index (χ0n) is 10.5. The van der Waals surface area contributed by atoms with Crippen molar-refractivity contribution in [2.75, 3.05) is 12.4 Å². The standard InChI is InChI=1S/C12H11F2N3O2S/c1-2-19-9-4-7(3-8(13)11(9)14)5-15-17-12-16-10(18)6-20-12/h3-5H,2,6H2,1H3,(H,16,17,18). The summed E-state index contributed by atoms with van der Waals surface area (Å²) in [5.74, 6) is -2.07. The van der Waals surface area contributed by atoms with E-state index in [1.54, 1.807) is 6.92 Å². The molecule has 1 N–H and O–H groups in total. The molecule has 1 saturated heterocycles. The van der Waals surface area contributed by atoms with E-state index in [4.69, 9.17) is 4.74 Å². The Morgan fingerprint density at radius 1 is 1.50 bits per heavy atom. The molecule has 0 aliphatic carbocycles. The van der Waals surface area contributed by atoms with Gasteiger partial charge in [-0.2, -0.15) is 9.49 Å². The van der Waals surface area contributed by atoms with Crippen molar-refractivity contribution in [3.8, 4) is 5.75 Å². The molecule has 0 spiro atoms. The van der Waals surface area contributed by atoms with Crippen LogP contribution in [0.25, 0.3) is 0 Å². The average Bonchev–Trinajstić information content (AvgIpc) is 2.81. The smallest absolute Gasteiger partial charge is 0.236 e. The Hall–Kier alpha value is -1.96. The summed E-state index contributed by atoms with van der Waals surface area (Å²) in [7, 11) is 0. The van der Waals surface area contributed by atoms with Gasteiger partial charge in [-0.15, -0.1) is 5.10 Å². The topological polar surface area (TPSA) is 63.1 Å². The highest BCUT2D eigenvalue weighted by atomic mass is 32.2. The molecule has 1 amide bonds. The highest BCUT2D eigenvalue weighted by Gasteiger charge is 2.16. The van der Waals surface area contributed by atoms with E-state index in [-0.39, 0.29) is 18.3 Å². The van der Waals surface area contributed by atoms with Gasteiger partial charge in [-0.3, -0.25) is 4.79 Å². The van der Waals surface area contributed by atoms with E-state index in [0.29, 0.717) is 16.5 Å². The van der Waals surface area contributed by atoms with Crippen LogP contribution < -0.4 is 10.1 Å². The number of amidine groups is 1. The Balaban J connectivity index is 2.15. The van der Waals surface area contributed by atoms with Gasteiger partial charge in [0.1, 0.15) is 0 Å². The van der Waals surface area contributed by atoms with Crippen LogP contribution in [0, 0.1) is 11.6 Å². The summed E-state index contributed by atoms with van der Waals surface area (Å²) in [6.07, 6.45) is 1.25. The lowest BCUT2D eigenvalue weighted by molar-refractivity contribution is -0.116. The van der Waals surface area contributed by atoms with Crippen molar-refractivity contribution in [1.29, 1.82) is 0 Å². The van der Waals surface area contributed by atoms with Gasteiger partial charge in [-0.05, 0) is 19.1 Å². The number of carbonyl (C=O) groups is 1. The zero-order valence-corrected chi connectivity index (χ0v) is 11.3. The number of hydrogen-bond donors (Lipinski definition) is 1. The number of ether oxygens (including phenoxy) is 1. The number of nitrogens with one attached hydrogen (secondary N) is 1. The molecule has 1 aliphatic rings. The molecule has 1 fully saturated rings. The van der Waals surface area contributed by atoms with E-state index >= 15 is 0 Å². The van der Waals surface area contributed by atoms with Crippen LogP contribution in [0.2, 0.25) is 0 Å². The largest absolute Gasteiger partial charge is 0.491 e. The number of nitrogens with zero attached hydrogens (tertiary/aromatic N) is 2. The van der Waals surface area contributed by atoms with Crippen LogP contribution in [0.5, 0.6) is 5.75 Å². The first kappa shape index (κ1) is 14.4. The molecule has 5 nitrogen and oxygen atoms in total. The van der Waals surface area contributed by atoms with Crippen molar-refractivity contribution < 1.29 is 18.3 Å². The van der Waals surface area contributed by atoms with Gasteiger partial charge in [0.15, 0.2) is 16.7 Å². The molecular formula is C12H11F2N3O2S. The number of carbonyl (C=O) groups excluding carboxylic acids is 1. The van der Waals surface area contributed by atoms with E-state index in [1.165, 1.54) is 24.0 Å². The third kappa shape index (κ3) is 3.53. The summed E-state index contributed by atoms with van der Waals surface area (Å²) in [4.78, 5) is 10.9. The number of amides is 1. The van der Waals surface area contributed by atoms with Crippen LogP contribution in [0.1, 0.15) is 12.5 Å². The van der Waals surface area contributed by atoms with Gasteiger partial charge in [-0.1, -0.05) is 11.8 Å². The lowest BCUT2D eigenvalue weighted by atomic mass is 10.2. The third-order valence-electron chi connectivity index (χ3n) is 2.26. The van der Waals surface area contributed by atoms with E-state index in [2.05, 4.69) is 15.5 Å². The van der Waals surface area contributed by atoms with Gasteiger partial charge >= 0.3 is 0 Å². The molecule has 1 aromatic rings. The molecule has 1 aliphatic heterocycles. The molecule has 1 aromatic carbocycles. The van der Waals surface area contributed by atoms with Crippen molar-refractivity contribution in [2.45, 2.75) is 6.92 Å². The number of thioether (sulfide) groups is 1. The fourth-order valence-electron chi connectivity index (χ4n) is 1.45. The summed E-state index contributed by atoms with van der Waals surface area (Å²) in [5, 5.41) is 10.3. The minimum atomic E-state index is -1.03. The van der Waals surface area contributed by atoms with Crippen LogP contribution in [0.4, 0.5) is 8.78 Å². The predicted molar refractivity (Wildman–Crippen MR) is 73.2 cm³/mol. The number of benzene rings is 1. The molecule has 106 valence electrons. The van der Waals surface area contributed by atoms with Crippen molar-refractivity contribution in [2.24, 2.45) is 10.2 Å². The molecule has 0 bridgehead atoms. The molecule has 8 heteroatoms. The van der Waals surface area contributed by atoms with Crippen molar-refractivity contribution >= 4 is 29.1 Å². The first-order valence-electron chi connectivity index (χ1n) is 5.75. The minimum Gasteiger partial charge on any atom is -0.491 e. The lowest BCUT2D eigenvalue weighted by Crippen LogP contribution is -2.19. The lowest BCUT2D eigenvalue weighted by Gasteiger charge is -2.05. The maximum Gasteiger partial charge on any atom is 0.236 e. The normalized spacial score (nSPS) is 16.9. The molecule has 2 rings (SSSR count). The summed E-state index contributed by atoms with van der Waals surface area (Å²) < 4.78 is 31.7. The first-order chi connectivity index (χ1) is 9.60. The molecule has 0 aromatic heterocycles. The Morgan fingerprint density at radius 2 is 2.30 bits per heavy atom. The van der Waals surface area contributed by atoms with Crippen LogP contribution in [-0.4, -0.2) is 29.6 Å². The average molecular weight is 299 g/mol. The quantitative estimate of drug-likeness (QED) is 0.682. The van der Waals surface area contributed by atoms with Crippen LogP contribution in [0.3, 0.4) is 0 Å². The molecule has 0 radical (unpaired) electrons. The molecule has 0 unspecified atom stereocenters. The van der Waals surface area contributed by atoms with E-state index in [9.17, 15) is 13.6 Å². The fraction of sp³-hybridized carbons (Fsp3) is 0.250. The van der Waals surface area contributed by atoms with E-state index in [0.717, 1.165) is 6.07 Å². The second-order valence-electron chi connectivity index (χ2n) is 3.73. The van der Waals surface area contributed by atoms with Crippen LogP contribution in [0.15, 0.2) is 22.3 Å². The highest BCUT2D eigenvalue weighted by Crippen LogP contribution is 2.21. The van der Waals surface area contributed by atoms with Crippen molar-refractivity contribution in [3.05, 3.63) is 29.3 Å².